The highest BCUT2D eigenvalue weighted by Gasteiger charge is 2.35. The number of carbonyl (C=O) groups excluding carboxylic acids is 1. The molecule has 0 spiro atoms. The van der Waals surface area contributed by atoms with Gasteiger partial charge in [0.2, 0.25) is 0 Å². The molecule has 0 N–H and O–H groups in total. The van der Waals surface area contributed by atoms with Crippen LogP contribution >= 0.6 is 11.3 Å². The Balaban J connectivity index is 1.88. The van der Waals surface area contributed by atoms with E-state index in [0.717, 1.165) is 17.7 Å². The normalized spacial score (nSPS) is 15.4. The Labute approximate surface area is 220 Å². The molecule has 7 nitrogen and oxygen atoms in total. The second kappa shape index (κ2) is 11.6. The summed E-state index contributed by atoms with van der Waals surface area (Å²) in [5, 5.41) is 0. The van der Waals surface area contributed by atoms with E-state index in [9.17, 15) is 9.59 Å². The molecule has 0 saturated heterocycles. The van der Waals surface area contributed by atoms with E-state index in [2.05, 4.69) is 11.9 Å². The van der Waals surface area contributed by atoms with Crippen LogP contribution in [0.2, 0.25) is 0 Å². The van der Waals surface area contributed by atoms with Crippen LogP contribution in [-0.2, 0) is 9.53 Å². The SMILES string of the molecule is CCCOc1ccc(/C=c2\sc3n(c2=O)[C@H](c2ccccc2OC(C)C)C(C(=O)OCC)=C(C)N=3)cc1. The van der Waals surface area contributed by atoms with Crippen LogP contribution in [-0.4, -0.2) is 29.9 Å². The highest BCUT2D eigenvalue weighted by Crippen LogP contribution is 2.36. The van der Waals surface area contributed by atoms with Crippen molar-refractivity contribution in [1.82, 2.24) is 4.57 Å². The van der Waals surface area contributed by atoms with Gasteiger partial charge in [-0.15, -0.1) is 0 Å². The Morgan fingerprint density at radius 3 is 2.54 bits per heavy atom. The van der Waals surface area contributed by atoms with Crippen LogP contribution < -0.4 is 24.4 Å². The molecule has 0 amide bonds. The minimum atomic E-state index is -0.725. The van der Waals surface area contributed by atoms with Crippen LogP contribution in [0, 0.1) is 0 Å². The molecule has 1 aromatic heterocycles. The van der Waals surface area contributed by atoms with Crippen molar-refractivity contribution in [3.63, 3.8) is 0 Å². The lowest BCUT2D eigenvalue weighted by Gasteiger charge is -2.26. The summed E-state index contributed by atoms with van der Waals surface area (Å²) in [5.74, 6) is 0.901. The summed E-state index contributed by atoms with van der Waals surface area (Å²) in [7, 11) is 0. The van der Waals surface area contributed by atoms with E-state index in [1.54, 1.807) is 18.4 Å². The Morgan fingerprint density at radius 1 is 1.14 bits per heavy atom. The first-order valence-electron chi connectivity index (χ1n) is 12.5. The topological polar surface area (TPSA) is 79.1 Å². The Hall–Kier alpha value is -3.65. The third-order valence-electron chi connectivity index (χ3n) is 5.74. The standard InChI is InChI=1S/C29H32N2O5S/c1-6-16-35-21-14-12-20(13-15-21)17-24-27(32)31-26(22-10-8-9-11-23(22)36-18(3)4)25(28(33)34-7-2)19(5)30-29(31)37-24/h8-15,17-18,26H,6-7,16H2,1-5H3/b24-17-/t26-/m1/s1. The largest absolute Gasteiger partial charge is 0.494 e. The number of fused-ring (bicyclic) bond motifs is 1. The number of carbonyl (C=O) groups is 1. The summed E-state index contributed by atoms with van der Waals surface area (Å²) in [6.45, 7) is 10.3. The molecule has 1 aliphatic rings. The number of esters is 1. The second-order valence-corrected chi connectivity index (χ2v) is 9.93. The van der Waals surface area contributed by atoms with E-state index in [1.165, 1.54) is 11.3 Å². The fourth-order valence-electron chi connectivity index (χ4n) is 4.19. The summed E-state index contributed by atoms with van der Waals surface area (Å²) >= 11 is 1.29. The number of allylic oxidation sites excluding steroid dienone is 1. The molecule has 1 aliphatic heterocycles. The fourth-order valence-corrected chi connectivity index (χ4v) is 5.23. The number of hydrogen-bond donors (Lipinski definition) is 0. The van der Waals surface area contributed by atoms with Crippen molar-refractivity contribution in [2.75, 3.05) is 13.2 Å². The Bertz CT molecular complexity index is 1480. The molecule has 1 atom stereocenters. The Morgan fingerprint density at radius 2 is 1.86 bits per heavy atom. The lowest BCUT2D eigenvalue weighted by Crippen LogP contribution is -2.40. The van der Waals surface area contributed by atoms with Crippen LogP contribution in [0.3, 0.4) is 0 Å². The first-order chi connectivity index (χ1) is 17.8. The number of thiazole rings is 1. The molecule has 194 valence electrons. The summed E-state index contributed by atoms with van der Waals surface area (Å²) in [6.07, 6.45) is 2.69. The highest BCUT2D eigenvalue weighted by molar-refractivity contribution is 7.07. The molecule has 0 saturated carbocycles. The van der Waals surface area contributed by atoms with E-state index < -0.39 is 12.0 Å². The lowest BCUT2D eigenvalue weighted by atomic mass is 9.95. The van der Waals surface area contributed by atoms with E-state index in [1.807, 2.05) is 68.5 Å². The molecule has 8 heteroatoms. The van der Waals surface area contributed by atoms with E-state index >= 15 is 0 Å². The molecule has 0 unspecified atom stereocenters. The molecular formula is C29H32N2O5S. The van der Waals surface area contributed by atoms with Crippen molar-refractivity contribution in [1.29, 1.82) is 0 Å². The first kappa shape index (κ1) is 26.4. The predicted molar refractivity (Wildman–Crippen MR) is 145 cm³/mol. The van der Waals surface area contributed by atoms with E-state index in [0.29, 0.717) is 38.5 Å². The first-order valence-corrected chi connectivity index (χ1v) is 13.3. The monoisotopic (exact) mass is 520 g/mol. The summed E-state index contributed by atoms with van der Waals surface area (Å²) in [5.41, 5.74) is 2.20. The van der Waals surface area contributed by atoms with E-state index in [4.69, 9.17) is 14.2 Å². The maximum Gasteiger partial charge on any atom is 0.338 e. The molecule has 2 heterocycles. The van der Waals surface area contributed by atoms with Crippen molar-refractivity contribution in [2.24, 2.45) is 4.99 Å². The zero-order valence-corrected chi connectivity index (χ0v) is 22.6. The van der Waals surface area contributed by atoms with E-state index in [-0.39, 0.29) is 18.3 Å². The van der Waals surface area contributed by atoms with Crippen LogP contribution in [0.4, 0.5) is 0 Å². The zero-order valence-electron chi connectivity index (χ0n) is 21.8. The van der Waals surface area contributed by atoms with Gasteiger partial charge in [-0.3, -0.25) is 9.36 Å². The van der Waals surface area contributed by atoms with Crippen molar-refractivity contribution >= 4 is 23.4 Å². The second-order valence-electron chi connectivity index (χ2n) is 8.92. The predicted octanol–water partition coefficient (Wildman–Crippen LogP) is 4.37. The van der Waals surface area contributed by atoms with Crippen molar-refractivity contribution < 1.29 is 19.0 Å². The van der Waals surface area contributed by atoms with Crippen LogP contribution in [0.1, 0.15) is 58.2 Å². The molecule has 37 heavy (non-hydrogen) atoms. The minimum Gasteiger partial charge on any atom is -0.494 e. The lowest BCUT2D eigenvalue weighted by molar-refractivity contribution is -0.139. The van der Waals surface area contributed by atoms with Gasteiger partial charge in [0, 0.05) is 5.56 Å². The van der Waals surface area contributed by atoms with Crippen LogP contribution in [0.15, 0.2) is 69.6 Å². The van der Waals surface area contributed by atoms with Crippen molar-refractivity contribution in [3.8, 4) is 11.5 Å². The van der Waals surface area contributed by atoms with Gasteiger partial charge in [-0.25, -0.2) is 9.79 Å². The third kappa shape index (κ3) is 5.69. The van der Waals surface area contributed by atoms with Crippen molar-refractivity contribution in [3.05, 3.63) is 90.6 Å². The number of ether oxygens (including phenoxy) is 3. The Kier molecular flexibility index (Phi) is 8.28. The van der Waals surface area contributed by atoms with Crippen LogP contribution in [0.25, 0.3) is 6.08 Å². The number of nitrogens with zero attached hydrogens (tertiary/aromatic N) is 2. The maximum atomic E-state index is 13.8. The highest BCUT2D eigenvalue weighted by atomic mass is 32.1. The van der Waals surface area contributed by atoms with Crippen molar-refractivity contribution in [2.45, 2.75) is 53.2 Å². The number of benzene rings is 2. The molecule has 2 aromatic carbocycles. The third-order valence-corrected chi connectivity index (χ3v) is 6.73. The van der Waals surface area contributed by atoms with Gasteiger partial charge in [0.15, 0.2) is 4.80 Å². The van der Waals surface area contributed by atoms with Gasteiger partial charge >= 0.3 is 5.97 Å². The van der Waals surface area contributed by atoms with Gasteiger partial charge in [0.25, 0.3) is 5.56 Å². The number of rotatable bonds is 9. The fraction of sp³-hybridized carbons (Fsp3) is 0.345. The number of aromatic nitrogens is 1. The molecule has 3 aromatic rings. The van der Waals surface area contributed by atoms with Gasteiger partial charge in [-0.05, 0) is 64.0 Å². The molecule has 0 bridgehead atoms. The molecule has 0 fully saturated rings. The molecule has 0 aliphatic carbocycles. The quantitative estimate of drug-likeness (QED) is 0.392. The smallest absolute Gasteiger partial charge is 0.338 e. The molecule has 0 radical (unpaired) electrons. The van der Waals surface area contributed by atoms with Gasteiger partial charge in [0.05, 0.1) is 35.1 Å². The van der Waals surface area contributed by atoms with Gasteiger partial charge in [-0.2, -0.15) is 0 Å². The molecule has 4 rings (SSSR count). The number of hydrogen-bond acceptors (Lipinski definition) is 7. The van der Waals surface area contributed by atoms with Gasteiger partial charge in [0.1, 0.15) is 17.5 Å². The average molecular weight is 521 g/mol. The summed E-state index contributed by atoms with van der Waals surface area (Å²) in [4.78, 5) is 32.1. The summed E-state index contributed by atoms with van der Waals surface area (Å²) in [6, 6.07) is 14.4. The number of para-hydroxylation sites is 1. The zero-order chi connectivity index (χ0) is 26.5. The average Bonchev–Trinajstić information content (AvgIpc) is 3.17. The molecular weight excluding hydrogens is 488 g/mol. The van der Waals surface area contributed by atoms with Gasteiger partial charge < -0.3 is 14.2 Å². The summed E-state index contributed by atoms with van der Waals surface area (Å²) < 4.78 is 19.2. The van der Waals surface area contributed by atoms with Gasteiger partial charge in [-0.1, -0.05) is 48.6 Å². The maximum absolute atomic E-state index is 13.8. The minimum absolute atomic E-state index is 0.0858. The van der Waals surface area contributed by atoms with Crippen LogP contribution in [0.5, 0.6) is 11.5 Å².